The number of nitrogens with two attached hydrogens (primary N) is 1. The Labute approximate surface area is 121 Å². The molecule has 4 N–H and O–H groups in total. The fourth-order valence-corrected chi connectivity index (χ4v) is 4.07. The lowest BCUT2D eigenvalue weighted by atomic mass is 10.2. The van der Waals surface area contributed by atoms with Crippen LogP contribution >= 0.6 is 11.6 Å². The minimum atomic E-state index is -3.07. The fraction of sp³-hybridized carbons (Fsp3) is 0.455. The van der Waals surface area contributed by atoms with Gasteiger partial charge in [0.1, 0.15) is 11.0 Å². The number of aromatic nitrogens is 1. The van der Waals surface area contributed by atoms with Crippen molar-refractivity contribution in [3.63, 3.8) is 0 Å². The van der Waals surface area contributed by atoms with Gasteiger partial charge in [-0.15, -0.1) is 0 Å². The topological polar surface area (TPSA) is 114 Å². The van der Waals surface area contributed by atoms with Gasteiger partial charge in [0, 0.05) is 12.1 Å². The van der Waals surface area contributed by atoms with E-state index in [4.69, 9.17) is 17.4 Å². The normalized spacial score (nSPS) is 20.6. The standard InChI is InChI=1S/C11H15ClN4O3S/c12-9-4-7(5-10(15-9)16-13)11(17)14-6-8-2-1-3-20(8,18)19/h4-5,8H,1-3,6,13H2,(H,14,17)(H,15,16). The zero-order valence-corrected chi connectivity index (χ0v) is 12.2. The maximum absolute atomic E-state index is 12.0. The number of amides is 1. The van der Waals surface area contributed by atoms with Crippen LogP contribution in [0.1, 0.15) is 23.2 Å². The van der Waals surface area contributed by atoms with Gasteiger partial charge in [-0.05, 0) is 25.0 Å². The number of halogens is 1. The summed E-state index contributed by atoms with van der Waals surface area (Å²) in [5.41, 5.74) is 2.57. The molecule has 20 heavy (non-hydrogen) atoms. The minimum Gasteiger partial charge on any atom is -0.351 e. The number of hydrogen-bond acceptors (Lipinski definition) is 6. The predicted molar refractivity (Wildman–Crippen MR) is 76.2 cm³/mol. The SMILES string of the molecule is NNc1cc(C(=O)NCC2CCCS2(=O)=O)cc(Cl)n1. The second-order valence-electron chi connectivity index (χ2n) is 4.55. The van der Waals surface area contributed by atoms with Crippen LogP contribution in [-0.4, -0.2) is 36.9 Å². The van der Waals surface area contributed by atoms with Crippen LogP contribution in [0.4, 0.5) is 5.82 Å². The van der Waals surface area contributed by atoms with Crippen molar-refractivity contribution in [3.8, 4) is 0 Å². The lowest BCUT2D eigenvalue weighted by molar-refractivity contribution is 0.0953. The molecule has 1 atom stereocenters. The number of nitrogens with one attached hydrogen (secondary N) is 2. The molecule has 7 nitrogen and oxygen atoms in total. The van der Waals surface area contributed by atoms with E-state index in [1.54, 1.807) is 0 Å². The molecule has 110 valence electrons. The molecule has 0 aromatic carbocycles. The second-order valence-corrected chi connectivity index (χ2v) is 7.34. The molecule has 0 radical (unpaired) electrons. The average molecular weight is 319 g/mol. The molecular formula is C11H15ClN4O3S. The Hall–Kier alpha value is -1.38. The summed E-state index contributed by atoms with van der Waals surface area (Å²) in [6.45, 7) is 0.104. The Bertz CT molecular complexity index is 620. The van der Waals surface area contributed by atoms with Gasteiger partial charge < -0.3 is 10.7 Å². The first kappa shape index (κ1) is 15.0. The van der Waals surface area contributed by atoms with Crippen molar-refractivity contribution in [2.24, 2.45) is 5.84 Å². The molecule has 1 saturated heterocycles. The first-order chi connectivity index (χ1) is 9.42. The summed E-state index contributed by atoms with van der Waals surface area (Å²) in [4.78, 5) is 15.8. The number of anilines is 1. The summed E-state index contributed by atoms with van der Waals surface area (Å²) in [5.74, 6) is 5.26. The molecule has 0 aliphatic carbocycles. The maximum atomic E-state index is 12.0. The van der Waals surface area contributed by atoms with Crippen LogP contribution in [0.15, 0.2) is 12.1 Å². The molecule has 1 unspecified atom stereocenters. The number of carbonyl (C=O) groups is 1. The molecule has 1 aromatic rings. The van der Waals surface area contributed by atoms with Gasteiger partial charge in [0.25, 0.3) is 5.91 Å². The summed E-state index contributed by atoms with van der Waals surface area (Å²) in [5, 5.41) is 2.22. The molecule has 2 heterocycles. The van der Waals surface area contributed by atoms with Crippen molar-refractivity contribution in [3.05, 3.63) is 22.8 Å². The number of hydrogen-bond donors (Lipinski definition) is 3. The largest absolute Gasteiger partial charge is 0.351 e. The summed E-state index contributed by atoms with van der Waals surface area (Å²) in [6, 6.07) is 2.82. The molecule has 1 aliphatic heterocycles. The predicted octanol–water partition coefficient (Wildman–Crippen LogP) is 0.328. The second kappa shape index (κ2) is 5.94. The molecular weight excluding hydrogens is 304 g/mol. The van der Waals surface area contributed by atoms with E-state index in [0.717, 1.165) is 0 Å². The molecule has 1 aromatic heterocycles. The lowest BCUT2D eigenvalue weighted by Crippen LogP contribution is -2.34. The summed E-state index contributed by atoms with van der Waals surface area (Å²) in [7, 11) is -3.07. The third-order valence-corrected chi connectivity index (χ3v) is 5.63. The van der Waals surface area contributed by atoms with Crippen LogP contribution in [0, 0.1) is 0 Å². The van der Waals surface area contributed by atoms with Gasteiger partial charge in [-0.25, -0.2) is 19.2 Å². The van der Waals surface area contributed by atoms with Crippen LogP contribution < -0.4 is 16.6 Å². The Balaban J connectivity index is 2.04. The highest BCUT2D eigenvalue weighted by molar-refractivity contribution is 7.92. The molecule has 0 bridgehead atoms. The van der Waals surface area contributed by atoms with Crippen LogP contribution in [0.2, 0.25) is 5.15 Å². The number of hydrazine groups is 1. The Morgan fingerprint density at radius 2 is 2.25 bits per heavy atom. The third kappa shape index (κ3) is 3.38. The van der Waals surface area contributed by atoms with Gasteiger partial charge in [-0.2, -0.15) is 0 Å². The smallest absolute Gasteiger partial charge is 0.251 e. The van der Waals surface area contributed by atoms with E-state index in [9.17, 15) is 13.2 Å². The molecule has 1 amide bonds. The van der Waals surface area contributed by atoms with E-state index in [-0.39, 0.29) is 28.8 Å². The Morgan fingerprint density at radius 1 is 1.50 bits per heavy atom. The summed E-state index contributed by atoms with van der Waals surface area (Å²) < 4.78 is 23.3. The molecule has 0 saturated carbocycles. The quantitative estimate of drug-likeness (QED) is 0.419. The zero-order chi connectivity index (χ0) is 14.8. The van der Waals surface area contributed by atoms with Gasteiger partial charge in [-0.3, -0.25) is 4.79 Å². The van der Waals surface area contributed by atoms with Crippen molar-refractivity contribution >= 4 is 33.2 Å². The van der Waals surface area contributed by atoms with Crippen molar-refractivity contribution in [1.29, 1.82) is 0 Å². The zero-order valence-electron chi connectivity index (χ0n) is 10.6. The molecule has 2 rings (SSSR count). The first-order valence-corrected chi connectivity index (χ1v) is 8.15. The molecule has 1 fully saturated rings. The lowest BCUT2D eigenvalue weighted by Gasteiger charge is -2.11. The van der Waals surface area contributed by atoms with Gasteiger partial charge in [-0.1, -0.05) is 11.6 Å². The van der Waals surface area contributed by atoms with E-state index < -0.39 is 21.0 Å². The molecule has 0 spiro atoms. The van der Waals surface area contributed by atoms with Crippen molar-refractivity contribution in [2.75, 3.05) is 17.7 Å². The number of rotatable bonds is 4. The van der Waals surface area contributed by atoms with E-state index >= 15 is 0 Å². The van der Waals surface area contributed by atoms with Crippen molar-refractivity contribution in [2.45, 2.75) is 18.1 Å². The number of pyridine rings is 1. The van der Waals surface area contributed by atoms with Gasteiger partial charge in [0.15, 0.2) is 9.84 Å². The van der Waals surface area contributed by atoms with Crippen LogP contribution in [0.25, 0.3) is 0 Å². The minimum absolute atomic E-state index is 0.104. The van der Waals surface area contributed by atoms with Crippen molar-refractivity contribution in [1.82, 2.24) is 10.3 Å². The Kier molecular flexibility index (Phi) is 4.46. The highest BCUT2D eigenvalue weighted by Crippen LogP contribution is 2.19. The number of carbonyl (C=O) groups excluding carboxylic acids is 1. The number of nitrogen functional groups attached to an aromatic ring is 1. The fourth-order valence-electron chi connectivity index (χ4n) is 2.10. The average Bonchev–Trinajstić information content (AvgIpc) is 2.74. The Morgan fingerprint density at radius 3 is 2.85 bits per heavy atom. The van der Waals surface area contributed by atoms with E-state index in [2.05, 4.69) is 15.7 Å². The van der Waals surface area contributed by atoms with Crippen molar-refractivity contribution < 1.29 is 13.2 Å². The third-order valence-electron chi connectivity index (χ3n) is 3.16. The van der Waals surface area contributed by atoms with E-state index in [0.29, 0.717) is 12.8 Å². The van der Waals surface area contributed by atoms with Gasteiger partial charge in [0.2, 0.25) is 0 Å². The highest BCUT2D eigenvalue weighted by Gasteiger charge is 2.31. The van der Waals surface area contributed by atoms with E-state index in [1.807, 2.05) is 0 Å². The number of nitrogens with zero attached hydrogens (tertiary/aromatic N) is 1. The first-order valence-electron chi connectivity index (χ1n) is 6.06. The van der Waals surface area contributed by atoms with Gasteiger partial charge >= 0.3 is 0 Å². The van der Waals surface area contributed by atoms with Gasteiger partial charge in [0.05, 0.1) is 11.0 Å². The van der Waals surface area contributed by atoms with E-state index in [1.165, 1.54) is 12.1 Å². The molecule has 1 aliphatic rings. The maximum Gasteiger partial charge on any atom is 0.251 e. The summed E-state index contributed by atoms with van der Waals surface area (Å²) in [6.07, 6.45) is 1.22. The van der Waals surface area contributed by atoms with Crippen LogP contribution in [-0.2, 0) is 9.84 Å². The monoisotopic (exact) mass is 318 g/mol. The summed E-state index contributed by atoms with van der Waals surface area (Å²) >= 11 is 5.76. The van der Waals surface area contributed by atoms with Crippen LogP contribution in [0.5, 0.6) is 0 Å². The number of sulfone groups is 1. The highest BCUT2D eigenvalue weighted by atomic mass is 35.5. The molecule has 9 heteroatoms. The van der Waals surface area contributed by atoms with Crippen LogP contribution in [0.3, 0.4) is 0 Å².